The van der Waals surface area contributed by atoms with Crippen molar-refractivity contribution in [1.29, 1.82) is 5.41 Å². The van der Waals surface area contributed by atoms with E-state index in [-0.39, 0.29) is 30.3 Å². The zero-order chi connectivity index (χ0) is 24.8. The smallest absolute Gasteiger partial charge is 0.283 e. The van der Waals surface area contributed by atoms with E-state index in [0.717, 1.165) is 29.9 Å². The number of non-ortho nitro benzene ring substituents is 1. The molecular weight excluding hydrogens is 470 g/mol. The van der Waals surface area contributed by atoms with Crippen LogP contribution in [0.3, 0.4) is 0 Å². The molecule has 10 nitrogen and oxygen atoms in total. The number of rotatable bonds is 10. The highest BCUT2D eigenvalue weighted by atomic mass is 32.2. The highest BCUT2D eigenvalue weighted by molar-refractivity contribution is 8.26. The molecule has 4 rings (SSSR count). The quantitative estimate of drug-likeness (QED) is 0.216. The van der Waals surface area contributed by atoms with Crippen LogP contribution in [-0.4, -0.2) is 45.1 Å². The number of amidine groups is 2. The molecule has 0 radical (unpaired) electrons. The predicted molar refractivity (Wildman–Crippen MR) is 135 cm³/mol. The number of nitro groups is 1. The van der Waals surface area contributed by atoms with Crippen molar-refractivity contribution in [2.45, 2.75) is 26.2 Å². The van der Waals surface area contributed by atoms with Gasteiger partial charge in [0.1, 0.15) is 29.8 Å². The lowest BCUT2D eigenvalue weighted by Gasteiger charge is -2.20. The zero-order valence-corrected chi connectivity index (χ0v) is 19.8. The maximum atomic E-state index is 12.5. The van der Waals surface area contributed by atoms with E-state index in [1.54, 1.807) is 30.3 Å². The van der Waals surface area contributed by atoms with Crippen LogP contribution >= 0.6 is 11.8 Å². The molecule has 2 aliphatic rings. The van der Waals surface area contributed by atoms with Gasteiger partial charge in [0, 0.05) is 12.1 Å². The number of carbonyl (C=O) groups is 1. The number of carbonyl (C=O) groups excluding carboxylic acids is 1. The lowest BCUT2D eigenvalue weighted by atomic mass is 10.1. The number of nitro benzene ring substituents is 1. The Labute approximate surface area is 206 Å². The molecule has 1 N–H and O–H groups in total. The summed E-state index contributed by atoms with van der Waals surface area (Å²) in [5, 5.41) is 26.3. The monoisotopic (exact) mass is 493 g/mol. The van der Waals surface area contributed by atoms with E-state index in [2.05, 4.69) is 17.0 Å². The van der Waals surface area contributed by atoms with Gasteiger partial charge in [-0.15, -0.1) is 0 Å². The fraction of sp³-hybridized carbons (Fsp3) is 0.250. The van der Waals surface area contributed by atoms with Gasteiger partial charge in [-0.2, -0.15) is 15.1 Å². The lowest BCUT2D eigenvalue weighted by molar-refractivity contribution is -0.384. The van der Waals surface area contributed by atoms with E-state index in [9.17, 15) is 14.9 Å². The Balaban J connectivity index is 1.32. The van der Waals surface area contributed by atoms with Gasteiger partial charge in [0.05, 0.1) is 10.5 Å². The number of nitrogens with zero attached hydrogens (tertiary/aromatic N) is 4. The zero-order valence-electron chi connectivity index (χ0n) is 19.0. The van der Waals surface area contributed by atoms with Gasteiger partial charge in [0.25, 0.3) is 11.6 Å². The normalized spacial score (nSPS) is 16.1. The van der Waals surface area contributed by atoms with Crippen molar-refractivity contribution < 1.29 is 19.2 Å². The molecule has 0 atom stereocenters. The maximum Gasteiger partial charge on any atom is 0.283 e. The first kappa shape index (κ1) is 24.1. The van der Waals surface area contributed by atoms with Crippen LogP contribution in [0.2, 0.25) is 0 Å². The van der Waals surface area contributed by atoms with Gasteiger partial charge in [0.2, 0.25) is 5.17 Å². The van der Waals surface area contributed by atoms with E-state index in [0.29, 0.717) is 16.7 Å². The summed E-state index contributed by atoms with van der Waals surface area (Å²) in [7, 11) is 0. The average molecular weight is 494 g/mol. The number of aliphatic imine (C=N–C) groups is 1. The number of hydrogen-bond donors (Lipinski definition) is 1. The molecule has 0 saturated heterocycles. The van der Waals surface area contributed by atoms with Gasteiger partial charge in [-0.25, -0.2) is 0 Å². The standard InChI is InChI=1S/C24H23N5O5S/c1-2-3-4-21-27-28-22(25)20(23(30)26-24(28)35-21)15-16-5-9-18(10-6-16)33-13-14-34-19-11-7-17(8-12-19)29(31)32/h5-12,15,25H,2-4,13-14H2,1H3. The van der Waals surface area contributed by atoms with Crippen molar-refractivity contribution in [3.63, 3.8) is 0 Å². The molecule has 1 amide bonds. The van der Waals surface area contributed by atoms with Crippen LogP contribution in [0.25, 0.3) is 6.08 Å². The van der Waals surface area contributed by atoms with Crippen LogP contribution in [0.1, 0.15) is 31.7 Å². The van der Waals surface area contributed by atoms with E-state index in [1.165, 1.54) is 41.0 Å². The first-order valence-corrected chi connectivity index (χ1v) is 11.9. The molecule has 0 aliphatic carbocycles. The summed E-state index contributed by atoms with van der Waals surface area (Å²) >= 11 is 1.35. The molecule has 2 aromatic carbocycles. The molecule has 2 aliphatic heterocycles. The van der Waals surface area contributed by atoms with Gasteiger partial charge in [0.15, 0.2) is 5.84 Å². The number of amides is 1. The number of benzene rings is 2. The maximum absolute atomic E-state index is 12.5. The molecule has 0 fully saturated rings. The van der Waals surface area contributed by atoms with Crippen LogP contribution in [0.5, 0.6) is 11.5 Å². The fourth-order valence-electron chi connectivity index (χ4n) is 3.27. The summed E-state index contributed by atoms with van der Waals surface area (Å²) in [6, 6.07) is 12.9. The van der Waals surface area contributed by atoms with E-state index < -0.39 is 10.8 Å². The molecule has 35 heavy (non-hydrogen) atoms. The number of nitrogens with one attached hydrogen (secondary N) is 1. The number of ether oxygens (including phenoxy) is 2. The van der Waals surface area contributed by atoms with Crippen LogP contribution in [-0.2, 0) is 4.79 Å². The summed E-state index contributed by atoms with van der Waals surface area (Å²) in [6.45, 7) is 2.65. The van der Waals surface area contributed by atoms with Crippen molar-refractivity contribution >= 4 is 45.5 Å². The third kappa shape index (κ3) is 5.93. The van der Waals surface area contributed by atoms with Crippen molar-refractivity contribution in [3.8, 4) is 11.5 Å². The van der Waals surface area contributed by atoms with Gasteiger partial charge >= 0.3 is 0 Å². The van der Waals surface area contributed by atoms with E-state index in [4.69, 9.17) is 14.9 Å². The number of fused-ring (bicyclic) bond motifs is 1. The minimum absolute atomic E-state index is 0.00439. The first-order valence-electron chi connectivity index (χ1n) is 11.0. The Morgan fingerprint density at radius 2 is 1.71 bits per heavy atom. The summed E-state index contributed by atoms with van der Waals surface area (Å²) in [4.78, 5) is 26.9. The van der Waals surface area contributed by atoms with Crippen LogP contribution in [0.15, 0.2) is 64.2 Å². The van der Waals surface area contributed by atoms with Crippen LogP contribution in [0, 0.1) is 15.5 Å². The Kier molecular flexibility index (Phi) is 7.56. The van der Waals surface area contributed by atoms with Gasteiger partial charge < -0.3 is 9.47 Å². The molecule has 2 heterocycles. The number of hydrogen-bond acceptors (Lipinski definition) is 8. The highest BCUT2D eigenvalue weighted by Gasteiger charge is 2.35. The summed E-state index contributed by atoms with van der Waals surface area (Å²) in [5.74, 6) is 0.697. The molecule has 0 saturated carbocycles. The van der Waals surface area contributed by atoms with Gasteiger partial charge in [-0.3, -0.25) is 20.3 Å². The third-order valence-electron chi connectivity index (χ3n) is 5.10. The van der Waals surface area contributed by atoms with E-state index in [1.807, 2.05) is 0 Å². The molecule has 0 aromatic heterocycles. The largest absolute Gasteiger partial charge is 0.490 e. The third-order valence-corrected chi connectivity index (χ3v) is 6.07. The predicted octanol–water partition coefficient (Wildman–Crippen LogP) is 4.86. The number of unbranched alkanes of at least 4 members (excludes halogenated alkanes) is 1. The number of thioether (sulfide) groups is 1. The fourth-order valence-corrected chi connectivity index (χ4v) is 4.20. The molecule has 0 spiro atoms. The summed E-state index contributed by atoms with van der Waals surface area (Å²) in [5.41, 5.74) is 0.915. The topological polar surface area (TPSA) is 130 Å². The Hall–Kier alpha value is -3.99. The number of hydrazone groups is 1. The van der Waals surface area contributed by atoms with Crippen molar-refractivity contribution in [1.82, 2.24) is 5.01 Å². The minimum Gasteiger partial charge on any atom is -0.490 e. The van der Waals surface area contributed by atoms with Crippen molar-refractivity contribution in [2.75, 3.05) is 13.2 Å². The second kappa shape index (κ2) is 11.0. The molecule has 2 aromatic rings. The Morgan fingerprint density at radius 3 is 2.31 bits per heavy atom. The minimum atomic E-state index is -0.465. The van der Waals surface area contributed by atoms with Crippen LogP contribution in [0.4, 0.5) is 5.69 Å². The lowest BCUT2D eigenvalue weighted by Crippen LogP contribution is -2.35. The summed E-state index contributed by atoms with van der Waals surface area (Å²) < 4.78 is 11.2. The van der Waals surface area contributed by atoms with Gasteiger partial charge in [-0.1, -0.05) is 25.5 Å². The van der Waals surface area contributed by atoms with Gasteiger partial charge in [-0.05, 0) is 60.5 Å². The average Bonchev–Trinajstić information content (AvgIpc) is 3.27. The molecule has 180 valence electrons. The Bertz CT molecular complexity index is 1220. The molecule has 0 unspecified atom stereocenters. The second-order valence-electron chi connectivity index (χ2n) is 7.63. The molecule has 0 bridgehead atoms. The second-order valence-corrected chi connectivity index (χ2v) is 8.67. The molecular formula is C24H23N5O5S. The van der Waals surface area contributed by atoms with Crippen molar-refractivity contribution in [2.24, 2.45) is 10.1 Å². The molecule has 11 heteroatoms. The first-order chi connectivity index (χ1) is 16.9. The Morgan fingerprint density at radius 1 is 1.09 bits per heavy atom. The van der Waals surface area contributed by atoms with Crippen molar-refractivity contribution in [3.05, 3.63) is 69.8 Å². The highest BCUT2D eigenvalue weighted by Crippen LogP contribution is 2.30. The van der Waals surface area contributed by atoms with E-state index >= 15 is 0 Å². The summed E-state index contributed by atoms with van der Waals surface area (Å²) in [6.07, 6.45) is 4.46. The van der Waals surface area contributed by atoms with Crippen LogP contribution < -0.4 is 9.47 Å². The SMILES string of the molecule is CCCCC1=NN2C(=N)C(=Cc3ccc(OCCOc4ccc([N+](=O)[O-])cc4)cc3)C(=O)N=C2S1.